The molecule has 0 spiro atoms. The highest BCUT2D eigenvalue weighted by Crippen LogP contribution is 2.48. The van der Waals surface area contributed by atoms with Gasteiger partial charge in [0.15, 0.2) is 0 Å². The Morgan fingerprint density at radius 3 is 2.96 bits per heavy atom. The second-order valence-corrected chi connectivity index (χ2v) is 6.69. The van der Waals surface area contributed by atoms with E-state index in [0.29, 0.717) is 25.3 Å². The average Bonchev–Trinajstić information content (AvgIpc) is 3.17. The van der Waals surface area contributed by atoms with Crippen molar-refractivity contribution in [2.45, 2.75) is 25.8 Å². The number of aliphatic carboxylic acids is 1. The maximum absolute atomic E-state index is 12.5. The first-order valence-electron chi connectivity index (χ1n) is 8.47. The number of rotatable bonds is 5. The third-order valence-electron chi connectivity index (χ3n) is 5.30. The second-order valence-electron chi connectivity index (χ2n) is 6.69. The van der Waals surface area contributed by atoms with E-state index in [1.807, 2.05) is 18.2 Å². The van der Waals surface area contributed by atoms with Crippen molar-refractivity contribution in [3.8, 4) is 18.1 Å². The van der Waals surface area contributed by atoms with Gasteiger partial charge in [-0.05, 0) is 24.8 Å². The van der Waals surface area contributed by atoms with Gasteiger partial charge in [-0.25, -0.2) is 4.79 Å². The first kappa shape index (κ1) is 17.2. The molecule has 0 aromatic heterocycles. The van der Waals surface area contributed by atoms with Crippen LogP contribution in [0.5, 0.6) is 5.75 Å². The van der Waals surface area contributed by atoms with Crippen LogP contribution in [0.4, 0.5) is 4.79 Å². The van der Waals surface area contributed by atoms with Gasteiger partial charge in [0.25, 0.3) is 0 Å². The third kappa shape index (κ3) is 3.27. The summed E-state index contributed by atoms with van der Waals surface area (Å²) in [6, 6.07) is 7.14. The zero-order valence-electron chi connectivity index (χ0n) is 14.0. The van der Waals surface area contributed by atoms with Crippen LogP contribution in [-0.2, 0) is 11.3 Å². The Labute approximate surface area is 147 Å². The minimum absolute atomic E-state index is 0.0574. The largest absolute Gasteiger partial charge is 0.481 e. The van der Waals surface area contributed by atoms with E-state index >= 15 is 0 Å². The van der Waals surface area contributed by atoms with E-state index in [0.717, 1.165) is 18.4 Å². The molecule has 2 atom stereocenters. The van der Waals surface area contributed by atoms with Gasteiger partial charge >= 0.3 is 12.0 Å². The van der Waals surface area contributed by atoms with Gasteiger partial charge in [0, 0.05) is 25.2 Å². The number of carbonyl (C=O) groups is 2. The predicted octanol–water partition coefficient (Wildman–Crippen LogP) is 2.09. The van der Waals surface area contributed by atoms with Crippen LogP contribution in [0, 0.1) is 23.7 Å². The summed E-state index contributed by atoms with van der Waals surface area (Å²) in [5, 5.41) is 12.5. The van der Waals surface area contributed by atoms with Gasteiger partial charge in [-0.15, -0.1) is 6.42 Å². The van der Waals surface area contributed by atoms with Crippen molar-refractivity contribution in [1.82, 2.24) is 10.2 Å². The lowest BCUT2D eigenvalue weighted by Gasteiger charge is -2.23. The molecule has 1 aliphatic carbocycles. The molecule has 1 aromatic rings. The van der Waals surface area contributed by atoms with Gasteiger partial charge < -0.3 is 20.1 Å². The van der Waals surface area contributed by atoms with Crippen molar-refractivity contribution in [2.75, 3.05) is 19.7 Å². The lowest BCUT2D eigenvalue weighted by molar-refractivity contribution is -0.149. The van der Waals surface area contributed by atoms with Crippen LogP contribution in [0.25, 0.3) is 0 Å². The quantitative estimate of drug-likeness (QED) is 0.803. The van der Waals surface area contributed by atoms with Crippen LogP contribution >= 0.6 is 0 Å². The summed E-state index contributed by atoms with van der Waals surface area (Å²) in [5.74, 6) is 2.33. The molecule has 2 fully saturated rings. The average molecular weight is 342 g/mol. The summed E-state index contributed by atoms with van der Waals surface area (Å²) in [7, 11) is 0. The third-order valence-corrected chi connectivity index (χ3v) is 5.30. The molecule has 0 unspecified atom stereocenters. The number of fused-ring (bicyclic) bond motifs is 1. The van der Waals surface area contributed by atoms with E-state index in [9.17, 15) is 14.7 Å². The second kappa shape index (κ2) is 7.06. The number of nitrogens with one attached hydrogen (secondary N) is 1. The van der Waals surface area contributed by atoms with E-state index in [-0.39, 0.29) is 25.1 Å². The minimum atomic E-state index is -0.779. The van der Waals surface area contributed by atoms with Gasteiger partial charge in [0.05, 0.1) is 5.41 Å². The SMILES string of the molecule is C#CCOc1ccccc1CNC(=O)N1C[C@@H]2CCC[C@@]2(C(=O)O)C1. The molecule has 1 heterocycles. The number of terminal acetylenes is 1. The molecule has 0 radical (unpaired) electrons. The highest BCUT2D eigenvalue weighted by Gasteiger charge is 2.55. The molecule has 1 saturated heterocycles. The molecule has 2 N–H and O–H groups in total. The van der Waals surface area contributed by atoms with Gasteiger partial charge in [0.1, 0.15) is 12.4 Å². The van der Waals surface area contributed by atoms with Crippen molar-refractivity contribution in [2.24, 2.45) is 11.3 Å². The Kier molecular flexibility index (Phi) is 4.84. The smallest absolute Gasteiger partial charge is 0.317 e. The maximum atomic E-state index is 12.5. The number of amides is 2. The molecule has 25 heavy (non-hydrogen) atoms. The van der Waals surface area contributed by atoms with Crippen LogP contribution in [0.3, 0.4) is 0 Å². The summed E-state index contributed by atoms with van der Waals surface area (Å²) >= 11 is 0. The monoisotopic (exact) mass is 342 g/mol. The standard InChI is InChI=1S/C19H22N2O4/c1-2-10-25-16-8-4-3-6-14(16)11-20-18(24)21-12-15-7-5-9-19(15,13-21)17(22)23/h1,3-4,6,8,15H,5,7,9-13H2,(H,20,24)(H,22,23)/t15-,19+/m0/s1. The molecule has 1 saturated carbocycles. The Morgan fingerprint density at radius 2 is 2.24 bits per heavy atom. The lowest BCUT2D eigenvalue weighted by atomic mass is 9.81. The number of ether oxygens (including phenoxy) is 1. The summed E-state index contributed by atoms with van der Waals surface area (Å²) in [6.07, 6.45) is 7.66. The predicted molar refractivity (Wildman–Crippen MR) is 92.0 cm³/mol. The highest BCUT2D eigenvalue weighted by molar-refractivity contribution is 5.80. The first-order chi connectivity index (χ1) is 12.1. The van der Waals surface area contributed by atoms with E-state index in [2.05, 4.69) is 11.2 Å². The van der Waals surface area contributed by atoms with E-state index in [1.165, 1.54) is 0 Å². The lowest BCUT2D eigenvalue weighted by Crippen LogP contribution is -2.41. The van der Waals surface area contributed by atoms with Crippen LogP contribution in [0.15, 0.2) is 24.3 Å². The van der Waals surface area contributed by atoms with Crippen LogP contribution < -0.4 is 10.1 Å². The summed E-state index contributed by atoms with van der Waals surface area (Å²) in [6.45, 7) is 1.27. The number of nitrogens with zero attached hydrogens (tertiary/aromatic N) is 1. The number of urea groups is 1. The molecule has 2 amide bonds. The molecule has 6 heteroatoms. The van der Waals surface area contributed by atoms with Crippen molar-refractivity contribution >= 4 is 12.0 Å². The van der Waals surface area contributed by atoms with Gasteiger partial charge in [-0.2, -0.15) is 0 Å². The summed E-state index contributed by atoms with van der Waals surface area (Å²) in [4.78, 5) is 25.8. The summed E-state index contributed by atoms with van der Waals surface area (Å²) < 4.78 is 5.47. The topological polar surface area (TPSA) is 78.9 Å². The Balaban J connectivity index is 1.61. The van der Waals surface area contributed by atoms with Gasteiger partial charge in [-0.1, -0.05) is 30.5 Å². The molecule has 132 valence electrons. The number of likely N-dealkylation sites (tertiary alicyclic amines) is 1. The van der Waals surface area contributed by atoms with E-state index < -0.39 is 11.4 Å². The molecule has 1 aromatic carbocycles. The fourth-order valence-electron chi connectivity index (χ4n) is 3.99. The molecule has 3 rings (SSSR count). The number of carbonyl (C=O) groups excluding carboxylic acids is 1. The number of carboxylic acids is 1. The molecule has 2 aliphatic rings. The molecular weight excluding hydrogens is 320 g/mol. The molecular formula is C19H22N2O4. The number of benzene rings is 1. The van der Waals surface area contributed by atoms with Crippen molar-refractivity contribution in [3.05, 3.63) is 29.8 Å². The Hall–Kier alpha value is -2.68. The number of hydrogen-bond acceptors (Lipinski definition) is 3. The Bertz CT molecular complexity index is 712. The summed E-state index contributed by atoms with van der Waals surface area (Å²) in [5.41, 5.74) is 0.0731. The van der Waals surface area contributed by atoms with Gasteiger partial charge in [-0.3, -0.25) is 4.79 Å². The van der Waals surface area contributed by atoms with Crippen molar-refractivity contribution in [3.63, 3.8) is 0 Å². The molecule has 0 bridgehead atoms. The first-order valence-corrected chi connectivity index (χ1v) is 8.47. The van der Waals surface area contributed by atoms with E-state index in [1.54, 1.807) is 11.0 Å². The zero-order chi connectivity index (χ0) is 17.9. The number of hydrogen-bond donors (Lipinski definition) is 2. The maximum Gasteiger partial charge on any atom is 0.317 e. The van der Waals surface area contributed by atoms with E-state index in [4.69, 9.17) is 11.2 Å². The van der Waals surface area contributed by atoms with Crippen LogP contribution in [0.2, 0.25) is 0 Å². The van der Waals surface area contributed by atoms with Crippen LogP contribution in [-0.4, -0.2) is 41.7 Å². The zero-order valence-corrected chi connectivity index (χ0v) is 14.0. The fourth-order valence-corrected chi connectivity index (χ4v) is 3.99. The van der Waals surface area contributed by atoms with Crippen molar-refractivity contribution < 1.29 is 19.4 Å². The number of carboxylic acid groups (broad SMARTS) is 1. The normalized spacial score (nSPS) is 24.4. The van der Waals surface area contributed by atoms with Crippen LogP contribution in [0.1, 0.15) is 24.8 Å². The molecule has 1 aliphatic heterocycles. The Morgan fingerprint density at radius 1 is 1.44 bits per heavy atom. The highest BCUT2D eigenvalue weighted by atomic mass is 16.5. The minimum Gasteiger partial charge on any atom is -0.481 e. The molecule has 6 nitrogen and oxygen atoms in total. The number of para-hydroxylation sites is 1. The van der Waals surface area contributed by atoms with Gasteiger partial charge in [0.2, 0.25) is 0 Å². The fraction of sp³-hybridized carbons (Fsp3) is 0.474. The van der Waals surface area contributed by atoms with Crippen molar-refractivity contribution in [1.29, 1.82) is 0 Å².